The summed E-state index contributed by atoms with van der Waals surface area (Å²) < 4.78 is 32.8. The quantitative estimate of drug-likeness (QED) is 0.512. The fourth-order valence-electron chi connectivity index (χ4n) is 2.95. The SMILES string of the molecule is CC(C)N(C(=O)COC(=O)c1ccccc1NS(=O)(=O)c1cccs1)c1ccccc1. The number of nitrogens with zero attached hydrogens (tertiary/aromatic N) is 1. The molecule has 1 aromatic heterocycles. The van der Waals surface area contributed by atoms with Crippen molar-refractivity contribution in [1.82, 2.24) is 0 Å². The topological polar surface area (TPSA) is 92.8 Å². The fraction of sp³-hybridized carbons (Fsp3) is 0.182. The van der Waals surface area contributed by atoms with Gasteiger partial charge in [0.05, 0.1) is 11.3 Å². The second-order valence-electron chi connectivity index (χ2n) is 6.85. The number of sulfonamides is 1. The van der Waals surface area contributed by atoms with E-state index in [0.29, 0.717) is 5.69 Å². The average molecular weight is 459 g/mol. The van der Waals surface area contributed by atoms with E-state index in [1.807, 2.05) is 32.0 Å². The summed E-state index contributed by atoms with van der Waals surface area (Å²) in [7, 11) is -3.83. The van der Waals surface area contributed by atoms with Gasteiger partial charge in [-0.05, 0) is 49.6 Å². The number of amides is 1. The van der Waals surface area contributed by atoms with Crippen molar-refractivity contribution in [3.05, 3.63) is 77.7 Å². The number of hydrogen-bond donors (Lipinski definition) is 1. The Hall–Kier alpha value is -3.17. The molecule has 2 aromatic carbocycles. The molecule has 0 aliphatic rings. The van der Waals surface area contributed by atoms with Crippen LogP contribution in [0, 0.1) is 0 Å². The lowest BCUT2D eigenvalue weighted by molar-refractivity contribution is -0.122. The summed E-state index contributed by atoms with van der Waals surface area (Å²) in [6.45, 7) is 3.25. The molecule has 7 nitrogen and oxygen atoms in total. The van der Waals surface area contributed by atoms with Crippen molar-refractivity contribution in [1.29, 1.82) is 0 Å². The summed E-state index contributed by atoms with van der Waals surface area (Å²) in [4.78, 5) is 26.9. The highest BCUT2D eigenvalue weighted by molar-refractivity contribution is 7.94. The minimum absolute atomic E-state index is 0.0197. The predicted octanol–water partition coefficient (Wildman–Crippen LogP) is 4.15. The number of nitrogens with one attached hydrogen (secondary N) is 1. The average Bonchev–Trinajstić information content (AvgIpc) is 3.29. The largest absolute Gasteiger partial charge is 0.452 e. The van der Waals surface area contributed by atoms with E-state index in [1.165, 1.54) is 18.2 Å². The van der Waals surface area contributed by atoms with Crippen LogP contribution in [0.15, 0.2) is 76.3 Å². The normalized spacial score (nSPS) is 11.2. The Kier molecular flexibility index (Phi) is 7.09. The van der Waals surface area contributed by atoms with Gasteiger partial charge >= 0.3 is 5.97 Å². The molecular weight excluding hydrogens is 436 g/mol. The Balaban J connectivity index is 1.73. The van der Waals surface area contributed by atoms with Crippen molar-refractivity contribution in [3.8, 4) is 0 Å². The second kappa shape index (κ2) is 9.76. The highest BCUT2D eigenvalue weighted by Gasteiger charge is 2.23. The van der Waals surface area contributed by atoms with E-state index in [9.17, 15) is 18.0 Å². The van der Waals surface area contributed by atoms with Crippen LogP contribution in [-0.2, 0) is 19.6 Å². The van der Waals surface area contributed by atoms with Gasteiger partial charge in [-0.1, -0.05) is 36.4 Å². The minimum Gasteiger partial charge on any atom is -0.452 e. The molecule has 0 saturated carbocycles. The summed E-state index contributed by atoms with van der Waals surface area (Å²) in [5.74, 6) is -1.18. The van der Waals surface area contributed by atoms with E-state index in [-0.39, 0.29) is 27.4 Å². The van der Waals surface area contributed by atoms with Crippen LogP contribution in [0.5, 0.6) is 0 Å². The van der Waals surface area contributed by atoms with Crippen molar-refractivity contribution in [2.24, 2.45) is 0 Å². The van der Waals surface area contributed by atoms with Gasteiger partial charge in [0.15, 0.2) is 6.61 Å². The van der Waals surface area contributed by atoms with Crippen molar-refractivity contribution < 1.29 is 22.7 Å². The van der Waals surface area contributed by atoms with Gasteiger partial charge in [0.25, 0.3) is 15.9 Å². The molecular formula is C22H22N2O5S2. The smallest absolute Gasteiger partial charge is 0.340 e. The monoisotopic (exact) mass is 458 g/mol. The molecule has 31 heavy (non-hydrogen) atoms. The molecule has 0 saturated heterocycles. The van der Waals surface area contributed by atoms with Crippen LogP contribution < -0.4 is 9.62 Å². The molecule has 0 aliphatic carbocycles. The van der Waals surface area contributed by atoms with E-state index in [0.717, 1.165) is 11.3 Å². The molecule has 9 heteroatoms. The van der Waals surface area contributed by atoms with Gasteiger partial charge in [0.2, 0.25) is 0 Å². The first kappa shape index (κ1) is 22.5. The zero-order valence-electron chi connectivity index (χ0n) is 17.0. The maximum absolute atomic E-state index is 12.7. The van der Waals surface area contributed by atoms with Crippen LogP contribution in [0.4, 0.5) is 11.4 Å². The number of carbonyl (C=O) groups is 2. The summed E-state index contributed by atoms with van der Waals surface area (Å²) in [5.41, 5.74) is 0.797. The summed E-state index contributed by atoms with van der Waals surface area (Å²) in [5, 5.41) is 1.65. The van der Waals surface area contributed by atoms with E-state index >= 15 is 0 Å². The third-order valence-electron chi connectivity index (χ3n) is 4.30. The van der Waals surface area contributed by atoms with Crippen LogP contribution in [0.3, 0.4) is 0 Å². The van der Waals surface area contributed by atoms with Crippen LogP contribution in [0.2, 0.25) is 0 Å². The molecule has 0 bridgehead atoms. The number of thiophene rings is 1. The Morgan fingerprint density at radius 1 is 1.00 bits per heavy atom. The van der Waals surface area contributed by atoms with Crippen LogP contribution in [0.25, 0.3) is 0 Å². The van der Waals surface area contributed by atoms with Crippen molar-refractivity contribution in [2.45, 2.75) is 24.1 Å². The van der Waals surface area contributed by atoms with Crippen LogP contribution in [-0.4, -0.2) is 32.9 Å². The van der Waals surface area contributed by atoms with Crippen LogP contribution in [0.1, 0.15) is 24.2 Å². The maximum Gasteiger partial charge on any atom is 0.340 e. The van der Waals surface area contributed by atoms with E-state index in [4.69, 9.17) is 4.74 Å². The number of anilines is 2. The second-order valence-corrected chi connectivity index (χ2v) is 9.71. The summed E-state index contributed by atoms with van der Waals surface area (Å²) >= 11 is 1.06. The third-order valence-corrected chi connectivity index (χ3v) is 7.06. The van der Waals surface area contributed by atoms with Crippen molar-refractivity contribution in [3.63, 3.8) is 0 Å². The van der Waals surface area contributed by atoms with Gasteiger partial charge in [-0.25, -0.2) is 13.2 Å². The summed E-state index contributed by atoms with van der Waals surface area (Å²) in [6, 6.07) is 18.1. The van der Waals surface area contributed by atoms with Gasteiger partial charge in [0, 0.05) is 11.7 Å². The molecule has 1 heterocycles. The predicted molar refractivity (Wildman–Crippen MR) is 121 cm³/mol. The third kappa shape index (κ3) is 5.50. The lowest BCUT2D eigenvalue weighted by atomic mass is 10.2. The molecule has 3 rings (SSSR count). The van der Waals surface area contributed by atoms with Gasteiger partial charge in [0.1, 0.15) is 4.21 Å². The molecule has 0 fully saturated rings. The zero-order valence-corrected chi connectivity index (χ0v) is 18.7. The number of para-hydroxylation sites is 2. The van der Waals surface area contributed by atoms with Gasteiger partial charge in [-0.15, -0.1) is 11.3 Å². The zero-order chi connectivity index (χ0) is 22.4. The number of esters is 1. The van der Waals surface area contributed by atoms with Crippen molar-refractivity contribution >= 4 is 44.6 Å². The molecule has 0 radical (unpaired) electrons. The summed E-state index contributed by atoms with van der Waals surface area (Å²) in [6.07, 6.45) is 0. The molecule has 0 aliphatic heterocycles. The minimum atomic E-state index is -3.83. The van der Waals surface area contributed by atoms with E-state index in [1.54, 1.807) is 40.6 Å². The molecule has 0 unspecified atom stereocenters. The van der Waals surface area contributed by atoms with Crippen molar-refractivity contribution in [2.75, 3.05) is 16.2 Å². The van der Waals surface area contributed by atoms with E-state index < -0.39 is 22.6 Å². The first-order chi connectivity index (χ1) is 14.8. The lowest BCUT2D eigenvalue weighted by Gasteiger charge is -2.26. The number of hydrogen-bond acceptors (Lipinski definition) is 6. The molecule has 0 spiro atoms. The first-order valence-corrected chi connectivity index (χ1v) is 11.9. The number of carbonyl (C=O) groups excluding carboxylic acids is 2. The number of ether oxygens (including phenoxy) is 1. The van der Waals surface area contributed by atoms with Crippen LogP contribution >= 0.6 is 11.3 Å². The fourth-order valence-corrected chi connectivity index (χ4v) is 5.03. The molecule has 0 atom stereocenters. The van der Waals surface area contributed by atoms with E-state index in [2.05, 4.69) is 4.72 Å². The molecule has 1 N–H and O–H groups in total. The number of benzene rings is 2. The number of rotatable bonds is 8. The van der Waals surface area contributed by atoms with Gasteiger partial charge in [-0.3, -0.25) is 9.52 Å². The Morgan fingerprint density at radius 2 is 1.68 bits per heavy atom. The Morgan fingerprint density at radius 3 is 2.32 bits per heavy atom. The molecule has 1 amide bonds. The van der Waals surface area contributed by atoms with Gasteiger partial charge in [-0.2, -0.15) is 0 Å². The standard InChI is InChI=1S/C22H22N2O5S2/c1-16(2)24(17-9-4-3-5-10-17)20(25)15-29-22(26)18-11-6-7-12-19(18)23-31(27,28)21-13-8-14-30-21/h3-14,16,23H,15H2,1-2H3. The van der Waals surface area contributed by atoms with Gasteiger partial charge < -0.3 is 9.64 Å². The highest BCUT2D eigenvalue weighted by Crippen LogP contribution is 2.23. The highest BCUT2D eigenvalue weighted by atomic mass is 32.2. The first-order valence-electron chi connectivity index (χ1n) is 9.49. The molecule has 3 aromatic rings. The lowest BCUT2D eigenvalue weighted by Crippen LogP contribution is -2.39. The maximum atomic E-state index is 12.7. The molecule has 162 valence electrons. The Labute approximate surface area is 185 Å². The Bertz CT molecular complexity index is 1140.